The number of amides is 1. The van der Waals surface area contributed by atoms with Crippen molar-refractivity contribution in [1.82, 2.24) is 25.4 Å². The van der Waals surface area contributed by atoms with Crippen LogP contribution in [-0.2, 0) is 6.54 Å². The van der Waals surface area contributed by atoms with Crippen LogP contribution < -0.4 is 10.6 Å². The molecule has 1 saturated heterocycles. The molecular formula is C18H24N6O. The summed E-state index contributed by atoms with van der Waals surface area (Å²) in [5, 5.41) is 14.1. The normalized spacial score (nSPS) is 20.9. The number of nitrogens with one attached hydrogen (secondary N) is 2. The SMILES string of the molecule is CNC(=O)c1ccc(NC2CCN(Cc3ccccn3)CC2C)nn1. The first-order valence-electron chi connectivity index (χ1n) is 8.60. The van der Waals surface area contributed by atoms with E-state index < -0.39 is 0 Å². The summed E-state index contributed by atoms with van der Waals surface area (Å²) in [6.07, 6.45) is 2.88. The van der Waals surface area contributed by atoms with Crippen LogP contribution >= 0.6 is 0 Å². The number of rotatable bonds is 5. The fourth-order valence-corrected chi connectivity index (χ4v) is 3.16. The topological polar surface area (TPSA) is 83.0 Å². The molecule has 2 aromatic rings. The van der Waals surface area contributed by atoms with Gasteiger partial charge in [0.15, 0.2) is 5.69 Å². The number of pyridine rings is 1. The van der Waals surface area contributed by atoms with E-state index in [9.17, 15) is 4.79 Å². The van der Waals surface area contributed by atoms with Gasteiger partial charge in [-0.05, 0) is 36.6 Å². The van der Waals surface area contributed by atoms with Crippen LogP contribution in [0.3, 0.4) is 0 Å². The van der Waals surface area contributed by atoms with Crippen molar-refractivity contribution in [2.75, 3.05) is 25.5 Å². The summed E-state index contributed by atoms with van der Waals surface area (Å²) in [6.45, 7) is 5.16. The zero-order valence-electron chi connectivity index (χ0n) is 14.6. The Kier molecular flexibility index (Phi) is 5.55. The fourth-order valence-electron chi connectivity index (χ4n) is 3.16. The van der Waals surface area contributed by atoms with Gasteiger partial charge >= 0.3 is 0 Å². The van der Waals surface area contributed by atoms with Crippen LogP contribution in [0.15, 0.2) is 36.5 Å². The highest BCUT2D eigenvalue weighted by molar-refractivity contribution is 5.91. The van der Waals surface area contributed by atoms with Crippen LogP contribution in [-0.4, -0.2) is 52.2 Å². The Morgan fingerprint density at radius 3 is 2.80 bits per heavy atom. The molecule has 7 nitrogen and oxygen atoms in total. The molecule has 0 bridgehead atoms. The van der Waals surface area contributed by atoms with E-state index in [1.165, 1.54) is 0 Å². The third-order valence-corrected chi connectivity index (χ3v) is 4.56. The molecule has 2 atom stereocenters. The van der Waals surface area contributed by atoms with Crippen LogP contribution in [0.5, 0.6) is 0 Å². The summed E-state index contributed by atoms with van der Waals surface area (Å²) in [6, 6.07) is 9.89. The van der Waals surface area contributed by atoms with E-state index in [4.69, 9.17) is 0 Å². The molecule has 2 unspecified atom stereocenters. The van der Waals surface area contributed by atoms with Crippen molar-refractivity contribution in [1.29, 1.82) is 0 Å². The van der Waals surface area contributed by atoms with Gasteiger partial charge in [-0.25, -0.2) is 0 Å². The molecule has 2 N–H and O–H groups in total. The lowest BCUT2D eigenvalue weighted by Gasteiger charge is -2.37. The predicted molar refractivity (Wildman–Crippen MR) is 96.1 cm³/mol. The Balaban J connectivity index is 1.54. The molecule has 0 radical (unpaired) electrons. The van der Waals surface area contributed by atoms with Gasteiger partial charge in [0, 0.05) is 38.9 Å². The quantitative estimate of drug-likeness (QED) is 0.859. The van der Waals surface area contributed by atoms with Crippen molar-refractivity contribution in [3.8, 4) is 0 Å². The minimum absolute atomic E-state index is 0.227. The summed E-state index contributed by atoms with van der Waals surface area (Å²) in [7, 11) is 1.58. The summed E-state index contributed by atoms with van der Waals surface area (Å²) >= 11 is 0. The molecule has 1 aliphatic rings. The largest absolute Gasteiger partial charge is 0.365 e. The van der Waals surface area contributed by atoms with Gasteiger partial charge in [0.2, 0.25) is 0 Å². The van der Waals surface area contributed by atoms with Gasteiger partial charge in [0.25, 0.3) is 5.91 Å². The smallest absolute Gasteiger partial charge is 0.271 e. The van der Waals surface area contributed by atoms with Crippen LogP contribution in [0, 0.1) is 5.92 Å². The molecule has 3 heterocycles. The lowest BCUT2D eigenvalue weighted by Crippen LogP contribution is -2.45. The second-order valence-electron chi connectivity index (χ2n) is 6.46. The monoisotopic (exact) mass is 340 g/mol. The van der Waals surface area contributed by atoms with Crippen molar-refractivity contribution < 1.29 is 4.79 Å². The van der Waals surface area contributed by atoms with E-state index in [-0.39, 0.29) is 5.91 Å². The third-order valence-electron chi connectivity index (χ3n) is 4.56. The number of hydrogen-bond acceptors (Lipinski definition) is 6. The molecule has 1 amide bonds. The molecule has 0 aromatic carbocycles. The van der Waals surface area contributed by atoms with E-state index in [1.54, 1.807) is 13.1 Å². The number of hydrogen-bond donors (Lipinski definition) is 2. The standard InChI is InChI=1S/C18H24N6O/c1-13-11-24(12-14-5-3-4-9-20-14)10-8-15(13)21-17-7-6-16(22-23-17)18(25)19-2/h3-7,9,13,15H,8,10-12H2,1-2H3,(H,19,25)(H,21,23). The lowest BCUT2D eigenvalue weighted by atomic mass is 9.93. The van der Waals surface area contributed by atoms with Crippen molar-refractivity contribution in [2.24, 2.45) is 5.92 Å². The Hall–Kier alpha value is -2.54. The number of aromatic nitrogens is 3. The minimum atomic E-state index is -0.227. The number of likely N-dealkylation sites (tertiary alicyclic amines) is 1. The Morgan fingerprint density at radius 2 is 2.16 bits per heavy atom. The maximum atomic E-state index is 11.5. The molecule has 7 heteroatoms. The maximum absolute atomic E-state index is 11.5. The van der Waals surface area contributed by atoms with Gasteiger partial charge in [-0.1, -0.05) is 13.0 Å². The van der Waals surface area contributed by atoms with Crippen molar-refractivity contribution in [2.45, 2.75) is 25.9 Å². The molecule has 0 spiro atoms. The van der Waals surface area contributed by atoms with E-state index in [1.807, 2.05) is 24.4 Å². The van der Waals surface area contributed by atoms with Crippen LogP contribution in [0.4, 0.5) is 5.82 Å². The van der Waals surface area contributed by atoms with E-state index in [2.05, 4.69) is 43.7 Å². The zero-order valence-corrected chi connectivity index (χ0v) is 14.6. The first-order chi connectivity index (χ1) is 12.2. The van der Waals surface area contributed by atoms with Gasteiger partial charge in [-0.3, -0.25) is 14.7 Å². The Morgan fingerprint density at radius 1 is 1.28 bits per heavy atom. The van der Waals surface area contributed by atoms with Crippen molar-refractivity contribution in [3.05, 3.63) is 47.9 Å². The molecule has 132 valence electrons. The van der Waals surface area contributed by atoms with Gasteiger partial charge < -0.3 is 10.6 Å². The van der Waals surface area contributed by atoms with E-state index in [0.717, 1.165) is 31.7 Å². The first-order valence-corrected chi connectivity index (χ1v) is 8.60. The van der Waals surface area contributed by atoms with E-state index >= 15 is 0 Å². The predicted octanol–water partition coefficient (Wildman–Crippen LogP) is 1.55. The van der Waals surface area contributed by atoms with Crippen molar-refractivity contribution in [3.63, 3.8) is 0 Å². The maximum Gasteiger partial charge on any atom is 0.271 e. The van der Waals surface area contributed by atoms with Crippen LogP contribution in [0.1, 0.15) is 29.5 Å². The second kappa shape index (κ2) is 8.02. The van der Waals surface area contributed by atoms with Gasteiger partial charge in [-0.2, -0.15) is 0 Å². The average Bonchev–Trinajstić information content (AvgIpc) is 2.65. The Bertz CT molecular complexity index is 690. The second-order valence-corrected chi connectivity index (χ2v) is 6.46. The fraction of sp³-hybridized carbons (Fsp3) is 0.444. The number of nitrogens with zero attached hydrogens (tertiary/aromatic N) is 4. The zero-order chi connectivity index (χ0) is 17.6. The average molecular weight is 340 g/mol. The summed E-state index contributed by atoms with van der Waals surface area (Å²) < 4.78 is 0. The molecule has 1 fully saturated rings. The third kappa shape index (κ3) is 4.51. The number of piperidine rings is 1. The summed E-state index contributed by atoms with van der Waals surface area (Å²) in [5.41, 5.74) is 1.43. The van der Waals surface area contributed by atoms with E-state index in [0.29, 0.717) is 23.5 Å². The molecule has 3 rings (SSSR count). The number of carbonyl (C=O) groups excluding carboxylic acids is 1. The highest BCUT2D eigenvalue weighted by atomic mass is 16.1. The van der Waals surface area contributed by atoms with Gasteiger partial charge in [-0.15, -0.1) is 10.2 Å². The molecule has 25 heavy (non-hydrogen) atoms. The lowest BCUT2D eigenvalue weighted by molar-refractivity contribution is 0.0957. The van der Waals surface area contributed by atoms with Crippen molar-refractivity contribution >= 4 is 11.7 Å². The molecule has 0 saturated carbocycles. The Labute approximate surface area is 147 Å². The molecule has 2 aromatic heterocycles. The molecular weight excluding hydrogens is 316 g/mol. The highest BCUT2D eigenvalue weighted by Crippen LogP contribution is 2.21. The number of carbonyl (C=O) groups is 1. The summed E-state index contributed by atoms with van der Waals surface area (Å²) in [4.78, 5) is 18.4. The van der Waals surface area contributed by atoms with Gasteiger partial charge in [0.05, 0.1) is 5.69 Å². The minimum Gasteiger partial charge on any atom is -0.365 e. The first kappa shape index (κ1) is 17.3. The molecule has 0 aliphatic carbocycles. The summed E-state index contributed by atoms with van der Waals surface area (Å²) in [5.74, 6) is 0.968. The highest BCUT2D eigenvalue weighted by Gasteiger charge is 2.26. The van der Waals surface area contributed by atoms with Crippen LogP contribution in [0.25, 0.3) is 0 Å². The molecule has 1 aliphatic heterocycles. The van der Waals surface area contributed by atoms with Crippen LogP contribution in [0.2, 0.25) is 0 Å². The van der Waals surface area contributed by atoms with Gasteiger partial charge in [0.1, 0.15) is 5.82 Å². The number of anilines is 1.